The van der Waals surface area contributed by atoms with Crippen LogP contribution in [0, 0.1) is 13.8 Å². The maximum atomic E-state index is 12.9. The first-order valence-corrected chi connectivity index (χ1v) is 12.3. The van der Waals surface area contributed by atoms with E-state index >= 15 is 0 Å². The van der Waals surface area contributed by atoms with E-state index in [-0.39, 0.29) is 17.6 Å². The van der Waals surface area contributed by atoms with E-state index < -0.39 is 0 Å². The van der Waals surface area contributed by atoms with Crippen LogP contribution in [0.15, 0.2) is 67.1 Å². The van der Waals surface area contributed by atoms with Crippen LogP contribution in [0.25, 0.3) is 22.6 Å². The standard InChI is InChI=1S/C28H27N9O2/c1-16-11-24(34-25-12-17(2)36-37-25)35-27(32-16)21-6-9-23(30-15-21)28(38)33-18(3)19-5-8-22(29-13-19)20-7-10-26(39-4)31-14-20/h5-15,18H,1-4H3,(H,33,38)(H2,32,34,35,36,37). The second-order valence-corrected chi connectivity index (χ2v) is 8.97. The van der Waals surface area contributed by atoms with Gasteiger partial charge in [0, 0.05) is 59.3 Å². The van der Waals surface area contributed by atoms with Crippen LogP contribution in [-0.4, -0.2) is 48.1 Å². The third-order valence-electron chi connectivity index (χ3n) is 5.95. The molecule has 1 unspecified atom stereocenters. The van der Waals surface area contributed by atoms with E-state index in [4.69, 9.17) is 4.74 Å². The SMILES string of the molecule is COc1ccc(-c2ccc(C(C)NC(=O)c3ccc(-c4nc(C)cc(Nc5cc(C)[nH]n5)n4)cn3)cn2)cn1. The number of aromatic amines is 1. The predicted molar refractivity (Wildman–Crippen MR) is 147 cm³/mol. The molecule has 196 valence electrons. The van der Waals surface area contributed by atoms with Crippen molar-refractivity contribution in [2.24, 2.45) is 0 Å². The van der Waals surface area contributed by atoms with Crippen molar-refractivity contribution in [1.29, 1.82) is 0 Å². The van der Waals surface area contributed by atoms with Crippen LogP contribution < -0.4 is 15.4 Å². The van der Waals surface area contributed by atoms with E-state index in [2.05, 4.69) is 45.8 Å². The molecule has 5 heterocycles. The van der Waals surface area contributed by atoms with Gasteiger partial charge in [-0.3, -0.25) is 19.9 Å². The third-order valence-corrected chi connectivity index (χ3v) is 5.95. The highest BCUT2D eigenvalue weighted by Gasteiger charge is 2.15. The van der Waals surface area contributed by atoms with Crippen molar-refractivity contribution in [3.8, 4) is 28.5 Å². The molecular weight excluding hydrogens is 494 g/mol. The van der Waals surface area contributed by atoms with E-state index in [9.17, 15) is 4.79 Å². The smallest absolute Gasteiger partial charge is 0.270 e. The van der Waals surface area contributed by atoms with E-state index in [1.54, 1.807) is 43.9 Å². The van der Waals surface area contributed by atoms with Crippen molar-refractivity contribution in [3.05, 3.63) is 89.8 Å². The van der Waals surface area contributed by atoms with Gasteiger partial charge in [-0.1, -0.05) is 6.07 Å². The van der Waals surface area contributed by atoms with Crippen molar-refractivity contribution >= 4 is 17.5 Å². The maximum Gasteiger partial charge on any atom is 0.270 e. The molecule has 3 N–H and O–H groups in total. The highest BCUT2D eigenvalue weighted by Crippen LogP contribution is 2.22. The largest absolute Gasteiger partial charge is 0.481 e. The summed E-state index contributed by atoms with van der Waals surface area (Å²) >= 11 is 0. The van der Waals surface area contributed by atoms with E-state index in [0.29, 0.717) is 28.9 Å². The molecule has 0 fully saturated rings. The zero-order valence-corrected chi connectivity index (χ0v) is 21.9. The molecule has 5 aromatic rings. The fraction of sp³-hybridized carbons (Fsp3) is 0.179. The Hall–Kier alpha value is -5.19. The number of hydrogen-bond acceptors (Lipinski definition) is 9. The average molecular weight is 522 g/mol. The molecule has 0 aliphatic heterocycles. The number of ether oxygens (including phenoxy) is 1. The Morgan fingerprint density at radius 3 is 2.36 bits per heavy atom. The van der Waals surface area contributed by atoms with Gasteiger partial charge in [0.2, 0.25) is 5.88 Å². The number of anilines is 2. The number of carbonyl (C=O) groups excluding carboxylic acids is 1. The second-order valence-electron chi connectivity index (χ2n) is 8.97. The van der Waals surface area contributed by atoms with E-state index in [1.807, 2.05) is 51.1 Å². The molecule has 1 atom stereocenters. The molecule has 5 rings (SSSR count). The number of nitrogens with one attached hydrogen (secondary N) is 3. The van der Waals surface area contributed by atoms with Crippen molar-refractivity contribution in [1.82, 2.24) is 40.4 Å². The second kappa shape index (κ2) is 11.1. The Bertz CT molecular complexity index is 1580. The van der Waals surface area contributed by atoms with Crippen LogP contribution in [0.2, 0.25) is 0 Å². The quantitative estimate of drug-likeness (QED) is 0.267. The minimum Gasteiger partial charge on any atom is -0.481 e. The van der Waals surface area contributed by atoms with Gasteiger partial charge >= 0.3 is 0 Å². The number of amides is 1. The minimum atomic E-state index is -0.293. The van der Waals surface area contributed by atoms with E-state index in [0.717, 1.165) is 28.2 Å². The summed E-state index contributed by atoms with van der Waals surface area (Å²) in [7, 11) is 1.57. The molecule has 39 heavy (non-hydrogen) atoms. The van der Waals surface area contributed by atoms with Gasteiger partial charge in [-0.05, 0) is 50.6 Å². The maximum absolute atomic E-state index is 12.9. The number of pyridine rings is 3. The number of methoxy groups -OCH3 is 1. The Balaban J connectivity index is 1.24. The minimum absolute atomic E-state index is 0.270. The van der Waals surface area contributed by atoms with Gasteiger partial charge in [-0.2, -0.15) is 5.10 Å². The Morgan fingerprint density at radius 2 is 1.72 bits per heavy atom. The number of hydrogen-bond donors (Lipinski definition) is 3. The van der Waals surface area contributed by atoms with Crippen LogP contribution in [0.1, 0.15) is 40.4 Å². The third kappa shape index (κ3) is 6.04. The molecular formula is C28H27N9O2. The molecule has 11 heteroatoms. The van der Waals surface area contributed by atoms with E-state index in [1.165, 1.54) is 0 Å². The van der Waals surface area contributed by atoms with Crippen LogP contribution >= 0.6 is 0 Å². The lowest BCUT2D eigenvalue weighted by Crippen LogP contribution is -2.27. The average Bonchev–Trinajstić information content (AvgIpc) is 3.37. The molecule has 0 bridgehead atoms. The normalized spacial score (nSPS) is 11.6. The lowest BCUT2D eigenvalue weighted by Gasteiger charge is -2.14. The molecule has 5 aromatic heterocycles. The number of aryl methyl sites for hydroxylation is 2. The highest BCUT2D eigenvalue weighted by atomic mass is 16.5. The van der Waals surface area contributed by atoms with Crippen molar-refractivity contribution in [2.45, 2.75) is 26.8 Å². The molecule has 0 saturated carbocycles. The topological polar surface area (TPSA) is 143 Å². The molecule has 11 nitrogen and oxygen atoms in total. The lowest BCUT2D eigenvalue weighted by atomic mass is 10.1. The summed E-state index contributed by atoms with van der Waals surface area (Å²) in [4.78, 5) is 35.1. The summed E-state index contributed by atoms with van der Waals surface area (Å²) in [5.41, 5.74) is 5.23. The molecule has 1 amide bonds. The summed E-state index contributed by atoms with van der Waals surface area (Å²) in [5.74, 6) is 2.03. The zero-order valence-electron chi connectivity index (χ0n) is 21.9. The zero-order chi connectivity index (χ0) is 27.4. The highest BCUT2D eigenvalue weighted by molar-refractivity contribution is 5.92. The number of aromatic nitrogens is 7. The predicted octanol–water partition coefficient (Wildman–Crippen LogP) is 4.58. The fourth-order valence-corrected chi connectivity index (χ4v) is 3.87. The van der Waals surface area contributed by atoms with Crippen molar-refractivity contribution in [2.75, 3.05) is 12.4 Å². The van der Waals surface area contributed by atoms with Crippen LogP contribution in [-0.2, 0) is 0 Å². The lowest BCUT2D eigenvalue weighted by molar-refractivity contribution is 0.0935. The molecule has 0 aromatic carbocycles. The Labute approximate surface area is 225 Å². The van der Waals surface area contributed by atoms with Crippen LogP contribution in [0.5, 0.6) is 5.88 Å². The number of rotatable bonds is 8. The monoisotopic (exact) mass is 521 g/mol. The Morgan fingerprint density at radius 1 is 0.897 bits per heavy atom. The van der Waals surface area contributed by atoms with Crippen molar-refractivity contribution < 1.29 is 9.53 Å². The first-order chi connectivity index (χ1) is 18.9. The first kappa shape index (κ1) is 25.5. The first-order valence-electron chi connectivity index (χ1n) is 12.3. The summed E-state index contributed by atoms with van der Waals surface area (Å²) in [6.07, 6.45) is 5.04. The van der Waals surface area contributed by atoms with Gasteiger partial charge in [0.05, 0.1) is 18.8 Å². The van der Waals surface area contributed by atoms with Gasteiger partial charge in [-0.15, -0.1) is 0 Å². The van der Waals surface area contributed by atoms with Gasteiger partial charge < -0.3 is 15.4 Å². The summed E-state index contributed by atoms with van der Waals surface area (Å²) in [6, 6.07) is 14.4. The molecule has 0 aliphatic carbocycles. The number of nitrogens with zero attached hydrogens (tertiary/aromatic N) is 6. The molecule has 0 spiro atoms. The van der Waals surface area contributed by atoms with Gasteiger partial charge in [0.1, 0.15) is 11.5 Å². The van der Waals surface area contributed by atoms with Gasteiger partial charge in [0.25, 0.3) is 5.91 Å². The molecule has 0 saturated heterocycles. The van der Waals surface area contributed by atoms with Crippen LogP contribution in [0.3, 0.4) is 0 Å². The number of H-pyrrole nitrogens is 1. The van der Waals surface area contributed by atoms with Gasteiger partial charge in [-0.25, -0.2) is 15.0 Å². The van der Waals surface area contributed by atoms with Gasteiger partial charge in [0.15, 0.2) is 11.6 Å². The number of carbonyl (C=O) groups is 1. The Kier molecular flexibility index (Phi) is 7.21. The summed E-state index contributed by atoms with van der Waals surface area (Å²) in [6.45, 7) is 5.71. The fourth-order valence-electron chi connectivity index (χ4n) is 3.87. The molecule has 0 aliphatic rings. The summed E-state index contributed by atoms with van der Waals surface area (Å²) in [5, 5.41) is 13.2. The molecule has 0 radical (unpaired) electrons. The van der Waals surface area contributed by atoms with Crippen LogP contribution in [0.4, 0.5) is 11.6 Å². The van der Waals surface area contributed by atoms with Crippen molar-refractivity contribution in [3.63, 3.8) is 0 Å². The summed E-state index contributed by atoms with van der Waals surface area (Å²) < 4.78 is 5.10.